The first-order chi connectivity index (χ1) is 13.6. The van der Waals surface area contributed by atoms with Gasteiger partial charge in [-0.2, -0.15) is 8.78 Å². The smallest absolute Gasteiger partial charge is 0.387 e. The highest BCUT2D eigenvalue weighted by Crippen LogP contribution is 2.36. The van der Waals surface area contributed by atoms with Crippen molar-refractivity contribution in [2.45, 2.75) is 25.5 Å². The van der Waals surface area contributed by atoms with Gasteiger partial charge in [-0.1, -0.05) is 30.3 Å². The molecule has 144 valence electrons. The number of hydrogen-bond acceptors (Lipinski definition) is 4. The Labute approximate surface area is 165 Å². The van der Waals surface area contributed by atoms with Crippen LogP contribution < -0.4 is 4.74 Å². The molecule has 0 spiro atoms. The third kappa shape index (κ3) is 3.89. The lowest BCUT2D eigenvalue weighted by molar-refractivity contribution is -0.126. The van der Waals surface area contributed by atoms with Crippen molar-refractivity contribution in [3.8, 4) is 5.75 Å². The fourth-order valence-corrected chi connectivity index (χ4v) is 4.51. The summed E-state index contributed by atoms with van der Waals surface area (Å²) in [6.45, 7) is -2.26. The number of benzene rings is 2. The van der Waals surface area contributed by atoms with Crippen molar-refractivity contribution in [1.82, 2.24) is 9.88 Å². The quantitative estimate of drug-likeness (QED) is 0.548. The van der Waals surface area contributed by atoms with Gasteiger partial charge in [0.05, 0.1) is 16.3 Å². The van der Waals surface area contributed by atoms with E-state index in [0.29, 0.717) is 12.1 Å². The Hall–Kier alpha value is -2.80. The second-order valence-electron chi connectivity index (χ2n) is 6.46. The Morgan fingerprint density at radius 3 is 2.82 bits per heavy atom. The number of halogens is 2. The molecule has 3 aromatic rings. The molecule has 1 saturated heterocycles. The zero-order chi connectivity index (χ0) is 19.5. The van der Waals surface area contributed by atoms with Gasteiger partial charge >= 0.3 is 6.61 Å². The van der Waals surface area contributed by atoms with Crippen LogP contribution in [0.25, 0.3) is 16.3 Å². The van der Waals surface area contributed by atoms with Crippen molar-refractivity contribution in [3.63, 3.8) is 0 Å². The van der Waals surface area contributed by atoms with Gasteiger partial charge in [-0.15, -0.1) is 11.3 Å². The molecule has 2 aromatic carbocycles. The summed E-state index contributed by atoms with van der Waals surface area (Å²) in [6, 6.07) is 14.3. The SMILES string of the molecule is O=C(/C=C/c1ccccc1OC(F)F)N1CCC[C@H]1c1nc2ccccc2s1. The lowest BCUT2D eigenvalue weighted by Gasteiger charge is -2.21. The van der Waals surface area contributed by atoms with Crippen LogP contribution in [0, 0.1) is 0 Å². The fourth-order valence-electron chi connectivity index (χ4n) is 3.40. The number of amides is 1. The zero-order valence-electron chi connectivity index (χ0n) is 14.9. The molecule has 1 atom stereocenters. The minimum atomic E-state index is -2.91. The highest BCUT2D eigenvalue weighted by atomic mass is 32.1. The second-order valence-corrected chi connectivity index (χ2v) is 7.52. The molecule has 2 heterocycles. The number of rotatable bonds is 5. The third-order valence-electron chi connectivity index (χ3n) is 4.67. The maximum atomic E-state index is 12.8. The van der Waals surface area contributed by atoms with Crippen molar-refractivity contribution in [1.29, 1.82) is 0 Å². The Morgan fingerprint density at radius 2 is 2.00 bits per heavy atom. The van der Waals surface area contributed by atoms with E-state index in [0.717, 1.165) is 28.1 Å². The number of para-hydroxylation sites is 2. The second kappa shape index (κ2) is 8.06. The first-order valence-corrected chi connectivity index (χ1v) is 9.81. The molecule has 7 heteroatoms. The summed E-state index contributed by atoms with van der Waals surface area (Å²) < 4.78 is 30.7. The number of nitrogens with zero attached hydrogens (tertiary/aromatic N) is 2. The summed E-state index contributed by atoms with van der Waals surface area (Å²) >= 11 is 1.61. The van der Waals surface area contributed by atoms with Crippen LogP contribution in [-0.4, -0.2) is 28.9 Å². The average molecular weight is 400 g/mol. The first kappa shape index (κ1) is 18.6. The number of likely N-dealkylation sites (tertiary alicyclic amines) is 1. The number of hydrogen-bond donors (Lipinski definition) is 0. The van der Waals surface area contributed by atoms with Gasteiger partial charge in [0.15, 0.2) is 0 Å². The highest BCUT2D eigenvalue weighted by molar-refractivity contribution is 7.18. The summed E-state index contributed by atoms with van der Waals surface area (Å²) in [7, 11) is 0. The summed E-state index contributed by atoms with van der Waals surface area (Å²) in [5, 5.41) is 0.932. The van der Waals surface area contributed by atoms with Crippen molar-refractivity contribution in [2.75, 3.05) is 6.54 Å². The van der Waals surface area contributed by atoms with Gasteiger partial charge < -0.3 is 9.64 Å². The molecule has 1 fully saturated rings. The van der Waals surface area contributed by atoms with Gasteiger partial charge in [0.2, 0.25) is 5.91 Å². The van der Waals surface area contributed by atoms with Crippen LogP contribution in [0.2, 0.25) is 0 Å². The minimum Gasteiger partial charge on any atom is -0.434 e. The predicted octanol–water partition coefficient (Wildman–Crippen LogP) is 5.27. The molecule has 0 radical (unpaired) electrons. The van der Waals surface area contributed by atoms with E-state index >= 15 is 0 Å². The summed E-state index contributed by atoms with van der Waals surface area (Å²) in [6.07, 6.45) is 4.71. The molecule has 4 rings (SSSR count). The van der Waals surface area contributed by atoms with Crippen LogP contribution in [0.4, 0.5) is 8.78 Å². The molecule has 4 nitrogen and oxygen atoms in total. The van der Waals surface area contributed by atoms with Crippen molar-refractivity contribution in [2.24, 2.45) is 0 Å². The van der Waals surface area contributed by atoms with Crippen LogP contribution in [-0.2, 0) is 4.79 Å². The van der Waals surface area contributed by atoms with Crippen LogP contribution in [0.3, 0.4) is 0 Å². The number of thiazole rings is 1. The van der Waals surface area contributed by atoms with E-state index in [-0.39, 0.29) is 17.7 Å². The van der Waals surface area contributed by atoms with E-state index in [1.54, 1.807) is 34.4 Å². The van der Waals surface area contributed by atoms with Gasteiger partial charge in [-0.25, -0.2) is 4.98 Å². The Balaban J connectivity index is 1.53. The summed E-state index contributed by atoms with van der Waals surface area (Å²) in [5.41, 5.74) is 1.38. The topological polar surface area (TPSA) is 42.4 Å². The molecular formula is C21H18F2N2O2S. The van der Waals surface area contributed by atoms with Crippen molar-refractivity contribution in [3.05, 3.63) is 65.2 Å². The minimum absolute atomic E-state index is 0.0469. The largest absolute Gasteiger partial charge is 0.434 e. The monoisotopic (exact) mass is 400 g/mol. The normalized spacial score (nSPS) is 17.1. The maximum absolute atomic E-state index is 12.8. The standard InChI is InChI=1S/C21H18F2N2O2S/c22-21(23)27-17-9-3-1-6-14(17)11-12-19(26)25-13-5-8-16(25)20-24-15-7-2-4-10-18(15)28-20/h1-4,6-7,9-12,16,21H,5,8,13H2/b12-11+/t16-/m0/s1. The van der Waals surface area contributed by atoms with Gasteiger partial charge in [-0.3, -0.25) is 4.79 Å². The summed E-state index contributed by atoms with van der Waals surface area (Å²) in [4.78, 5) is 19.3. The Morgan fingerprint density at radius 1 is 1.21 bits per heavy atom. The van der Waals surface area contributed by atoms with Crippen LogP contribution >= 0.6 is 11.3 Å². The van der Waals surface area contributed by atoms with Gasteiger partial charge in [0.1, 0.15) is 10.8 Å². The molecule has 28 heavy (non-hydrogen) atoms. The van der Waals surface area contributed by atoms with E-state index in [4.69, 9.17) is 0 Å². The third-order valence-corrected chi connectivity index (χ3v) is 5.81. The molecule has 0 saturated carbocycles. The average Bonchev–Trinajstić information content (AvgIpc) is 3.33. The van der Waals surface area contributed by atoms with Crippen LogP contribution in [0.15, 0.2) is 54.6 Å². The van der Waals surface area contributed by atoms with E-state index in [1.807, 2.05) is 24.3 Å². The van der Waals surface area contributed by atoms with Gasteiger partial charge in [-0.05, 0) is 37.1 Å². The first-order valence-electron chi connectivity index (χ1n) is 9.00. The molecule has 1 aliphatic heterocycles. The van der Waals surface area contributed by atoms with Crippen molar-refractivity contribution >= 4 is 33.5 Å². The molecular weight excluding hydrogens is 382 g/mol. The molecule has 1 aromatic heterocycles. The number of aromatic nitrogens is 1. The molecule has 1 aliphatic rings. The van der Waals surface area contributed by atoms with E-state index < -0.39 is 6.61 Å². The maximum Gasteiger partial charge on any atom is 0.387 e. The fraction of sp³-hybridized carbons (Fsp3) is 0.238. The molecule has 0 N–H and O–H groups in total. The van der Waals surface area contributed by atoms with E-state index in [2.05, 4.69) is 9.72 Å². The zero-order valence-corrected chi connectivity index (χ0v) is 15.7. The molecule has 0 bridgehead atoms. The molecule has 1 amide bonds. The van der Waals surface area contributed by atoms with Crippen molar-refractivity contribution < 1.29 is 18.3 Å². The molecule has 0 aliphatic carbocycles. The predicted molar refractivity (Wildman–Crippen MR) is 105 cm³/mol. The summed E-state index contributed by atoms with van der Waals surface area (Å²) in [5.74, 6) is -0.112. The number of fused-ring (bicyclic) bond motifs is 1. The van der Waals surface area contributed by atoms with E-state index in [1.165, 1.54) is 18.2 Å². The Kier molecular flexibility index (Phi) is 5.34. The van der Waals surface area contributed by atoms with Crippen LogP contribution in [0.1, 0.15) is 29.5 Å². The number of ether oxygens (including phenoxy) is 1. The number of carbonyl (C=O) groups excluding carboxylic acids is 1. The number of carbonyl (C=O) groups is 1. The lowest BCUT2D eigenvalue weighted by Crippen LogP contribution is -2.28. The van der Waals surface area contributed by atoms with Crippen LogP contribution in [0.5, 0.6) is 5.75 Å². The number of alkyl halides is 2. The highest BCUT2D eigenvalue weighted by Gasteiger charge is 2.31. The van der Waals surface area contributed by atoms with Gasteiger partial charge in [0.25, 0.3) is 0 Å². The van der Waals surface area contributed by atoms with Gasteiger partial charge in [0, 0.05) is 18.2 Å². The lowest BCUT2D eigenvalue weighted by atomic mass is 10.2. The van der Waals surface area contributed by atoms with E-state index in [9.17, 15) is 13.6 Å². The Bertz CT molecular complexity index is 985. The molecule has 0 unspecified atom stereocenters.